The van der Waals surface area contributed by atoms with Gasteiger partial charge in [0, 0.05) is 38.0 Å². The minimum atomic E-state index is -0.0249. The van der Waals surface area contributed by atoms with Crippen LogP contribution in [0.3, 0.4) is 0 Å². The summed E-state index contributed by atoms with van der Waals surface area (Å²) in [6.07, 6.45) is 2.81. The summed E-state index contributed by atoms with van der Waals surface area (Å²) in [7, 11) is 1.78. The molecular formula is C9H17N3O. The molecule has 0 spiro atoms. The van der Waals surface area contributed by atoms with Crippen molar-refractivity contribution in [3.05, 3.63) is 11.9 Å². The molecule has 0 aromatic carbocycles. The van der Waals surface area contributed by atoms with Crippen LogP contribution in [0, 0.1) is 0 Å². The van der Waals surface area contributed by atoms with Gasteiger partial charge in [-0.1, -0.05) is 0 Å². The van der Waals surface area contributed by atoms with Crippen molar-refractivity contribution in [1.82, 2.24) is 15.5 Å². The molecule has 1 aliphatic heterocycles. The van der Waals surface area contributed by atoms with Crippen molar-refractivity contribution < 1.29 is 4.79 Å². The molecule has 1 aliphatic rings. The molecule has 1 fully saturated rings. The Morgan fingerprint density at radius 2 is 2.31 bits per heavy atom. The van der Waals surface area contributed by atoms with Gasteiger partial charge in [-0.25, -0.2) is 4.79 Å². The third-order valence-electron chi connectivity index (χ3n) is 1.98. The fourth-order valence-electron chi connectivity index (χ4n) is 1.15. The van der Waals surface area contributed by atoms with Gasteiger partial charge in [-0.2, -0.15) is 0 Å². The highest BCUT2D eigenvalue weighted by Crippen LogP contribution is 2.09. The lowest BCUT2D eigenvalue weighted by Gasteiger charge is -2.26. The van der Waals surface area contributed by atoms with E-state index in [4.69, 9.17) is 0 Å². The number of carbonyl (C=O) groups excluding carboxylic acids is 1. The van der Waals surface area contributed by atoms with E-state index in [0.717, 1.165) is 18.7 Å². The van der Waals surface area contributed by atoms with E-state index < -0.39 is 0 Å². The third-order valence-corrected chi connectivity index (χ3v) is 1.98. The van der Waals surface area contributed by atoms with Crippen LogP contribution in [0.1, 0.15) is 20.3 Å². The number of nitrogens with zero attached hydrogens (tertiary/aromatic N) is 1. The van der Waals surface area contributed by atoms with E-state index in [-0.39, 0.29) is 6.03 Å². The van der Waals surface area contributed by atoms with Crippen molar-refractivity contribution in [3.8, 4) is 0 Å². The molecule has 2 amide bonds. The highest BCUT2D eigenvalue weighted by atomic mass is 16.2. The summed E-state index contributed by atoms with van der Waals surface area (Å²) in [6, 6.07) is 0.383. The molecule has 1 heterocycles. The molecule has 4 nitrogen and oxygen atoms in total. The second kappa shape index (κ2) is 4.16. The second-order valence-electron chi connectivity index (χ2n) is 3.50. The number of nitrogens with one attached hydrogen (secondary N) is 2. The van der Waals surface area contributed by atoms with Crippen molar-refractivity contribution in [1.29, 1.82) is 0 Å². The van der Waals surface area contributed by atoms with Gasteiger partial charge in [-0.15, -0.1) is 0 Å². The summed E-state index contributed by atoms with van der Waals surface area (Å²) in [5.74, 6) is 0. The van der Waals surface area contributed by atoms with Crippen molar-refractivity contribution in [2.45, 2.75) is 26.3 Å². The zero-order valence-corrected chi connectivity index (χ0v) is 8.42. The Kier molecular flexibility index (Phi) is 3.17. The molecule has 74 valence electrons. The smallest absolute Gasteiger partial charge is 0.321 e. The summed E-state index contributed by atoms with van der Waals surface area (Å²) in [5, 5.41) is 5.95. The first-order valence-corrected chi connectivity index (χ1v) is 4.58. The fraction of sp³-hybridized carbons (Fsp3) is 0.667. The number of rotatable bonds is 2. The molecule has 0 aromatic rings. The maximum atomic E-state index is 11.2. The van der Waals surface area contributed by atoms with Gasteiger partial charge in [0.05, 0.1) is 0 Å². The molecule has 0 atom stereocenters. The van der Waals surface area contributed by atoms with Gasteiger partial charge in [-0.3, -0.25) is 4.90 Å². The number of carbonyl (C=O) groups is 1. The topological polar surface area (TPSA) is 44.4 Å². The third kappa shape index (κ3) is 2.65. The Morgan fingerprint density at radius 1 is 1.62 bits per heavy atom. The minimum Gasteiger partial charge on any atom is -0.387 e. The molecular weight excluding hydrogens is 166 g/mol. The lowest BCUT2D eigenvalue weighted by Crippen LogP contribution is -2.43. The van der Waals surface area contributed by atoms with Crippen LogP contribution in [0.25, 0.3) is 0 Å². The first kappa shape index (κ1) is 9.89. The fourth-order valence-corrected chi connectivity index (χ4v) is 1.15. The van der Waals surface area contributed by atoms with E-state index >= 15 is 0 Å². The van der Waals surface area contributed by atoms with E-state index in [1.165, 1.54) is 0 Å². The molecule has 0 aromatic heterocycles. The van der Waals surface area contributed by atoms with Crippen molar-refractivity contribution in [2.24, 2.45) is 0 Å². The summed E-state index contributed by atoms with van der Waals surface area (Å²) in [5.41, 5.74) is 1.04. The van der Waals surface area contributed by atoms with Gasteiger partial charge in [0.25, 0.3) is 0 Å². The van der Waals surface area contributed by atoms with Gasteiger partial charge >= 0.3 is 6.03 Å². The van der Waals surface area contributed by atoms with Gasteiger partial charge in [-0.05, 0) is 13.8 Å². The molecule has 0 unspecified atom stereocenters. The number of amides is 2. The van der Waals surface area contributed by atoms with E-state index in [2.05, 4.69) is 24.5 Å². The van der Waals surface area contributed by atoms with Crippen LogP contribution >= 0.6 is 0 Å². The Morgan fingerprint density at radius 3 is 2.92 bits per heavy atom. The van der Waals surface area contributed by atoms with E-state index in [9.17, 15) is 4.79 Å². The summed E-state index contributed by atoms with van der Waals surface area (Å²) in [6.45, 7) is 4.87. The Labute approximate surface area is 79.0 Å². The summed E-state index contributed by atoms with van der Waals surface area (Å²) in [4.78, 5) is 12.8. The van der Waals surface area contributed by atoms with Crippen LogP contribution in [-0.4, -0.2) is 30.6 Å². The van der Waals surface area contributed by atoms with E-state index in [0.29, 0.717) is 6.04 Å². The number of urea groups is 1. The highest BCUT2D eigenvalue weighted by molar-refractivity contribution is 5.76. The Bertz CT molecular complexity index is 223. The van der Waals surface area contributed by atoms with Gasteiger partial charge in [0.15, 0.2) is 0 Å². The largest absolute Gasteiger partial charge is 0.387 e. The molecule has 4 heteroatoms. The predicted molar refractivity (Wildman–Crippen MR) is 52.1 cm³/mol. The lowest BCUT2D eigenvalue weighted by molar-refractivity contribution is 0.211. The highest BCUT2D eigenvalue weighted by Gasteiger charge is 2.17. The summed E-state index contributed by atoms with van der Waals surface area (Å²) < 4.78 is 0. The molecule has 2 N–H and O–H groups in total. The molecule has 0 bridgehead atoms. The van der Waals surface area contributed by atoms with Crippen molar-refractivity contribution in [3.63, 3.8) is 0 Å². The van der Waals surface area contributed by atoms with Crippen LogP contribution < -0.4 is 10.6 Å². The maximum Gasteiger partial charge on any atom is 0.321 e. The normalized spacial score (nSPS) is 20.8. The zero-order valence-electron chi connectivity index (χ0n) is 8.42. The lowest BCUT2D eigenvalue weighted by atomic mass is 10.2. The van der Waals surface area contributed by atoms with Crippen molar-refractivity contribution in [2.75, 3.05) is 13.6 Å². The number of hydrogen-bond acceptors (Lipinski definition) is 2. The average Bonchev–Trinajstić information content (AvgIpc) is 2.07. The first-order chi connectivity index (χ1) is 6.11. The van der Waals surface area contributed by atoms with Gasteiger partial charge in [0.1, 0.15) is 0 Å². The SMILES string of the molecule is CC(C)N/C=C1/CCNC(=O)N1C. The van der Waals surface area contributed by atoms with Gasteiger partial charge in [0.2, 0.25) is 0 Å². The standard InChI is InChI=1S/C9H17N3O/c1-7(2)11-6-8-4-5-10-9(13)12(8)3/h6-7,11H,4-5H2,1-3H3,(H,10,13)/b8-6-. The monoisotopic (exact) mass is 183 g/mol. The second-order valence-corrected chi connectivity index (χ2v) is 3.50. The molecule has 1 rings (SSSR count). The molecule has 13 heavy (non-hydrogen) atoms. The number of hydrogen-bond donors (Lipinski definition) is 2. The van der Waals surface area contributed by atoms with E-state index in [1.807, 2.05) is 6.20 Å². The Hall–Kier alpha value is -1.19. The van der Waals surface area contributed by atoms with Crippen LogP contribution in [0.15, 0.2) is 11.9 Å². The maximum absolute atomic E-state index is 11.2. The molecule has 1 saturated heterocycles. The molecule has 0 saturated carbocycles. The van der Waals surface area contributed by atoms with Gasteiger partial charge < -0.3 is 10.6 Å². The van der Waals surface area contributed by atoms with Crippen LogP contribution in [-0.2, 0) is 0 Å². The van der Waals surface area contributed by atoms with E-state index in [1.54, 1.807) is 11.9 Å². The Balaban J connectivity index is 2.57. The molecule has 0 aliphatic carbocycles. The quantitative estimate of drug-likeness (QED) is 0.667. The van der Waals surface area contributed by atoms with Crippen LogP contribution in [0.5, 0.6) is 0 Å². The van der Waals surface area contributed by atoms with Crippen molar-refractivity contribution >= 4 is 6.03 Å². The predicted octanol–water partition coefficient (Wildman–Crippen LogP) is 0.871. The molecule has 0 radical (unpaired) electrons. The summed E-state index contributed by atoms with van der Waals surface area (Å²) >= 11 is 0. The van der Waals surface area contributed by atoms with Crippen LogP contribution in [0.4, 0.5) is 4.79 Å². The average molecular weight is 183 g/mol. The minimum absolute atomic E-state index is 0.0249. The first-order valence-electron chi connectivity index (χ1n) is 4.58. The van der Waals surface area contributed by atoms with Crippen LogP contribution in [0.2, 0.25) is 0 Å². The zero-order chi connectivity index (χ0) is 9.84.